The molecule has 0 radical (unpaired) electrons. The highest BCUT2D eigenvalue weighted by atomic mass is 16.7. The van der Waals surface area contributed by atoms with E-state index in [4.69, 9.17) is 14.2 Å². The zero-order valence-electron chi connectivity index (χ0n) is 17.1. The van der Waals surface area contributed by atoms with E-state index in [0.717, 1.165) is 51.6 Å². The Morgan fingerprint density at radius 3 is 2.79 bits per heavy atom. The zero-order valence-corrected chi connectivity index (χ0v) is 17.1. The van der Waals surface area contributed by atoms with Crippen LogP contribution in [-0.4, -0.2) is 43.8 Å². The van der Waals surface area contributed by atoms with Gasteiger partial charge in [-0.05, 0) is 81.9 Å². The first kappa shape index (κ1) is 20.0. The summed E-state index contributed by atoms with van der Waals surface area (Å²) in [6.07, 6.45) is 10.3. The first-order valence-electron chi connectivity index (χ1n) is 10.8. The Bertz CT molecular complexity index is 687. The molecule has 0 saturated carbocycles. The van der Waals surface area contributed by atoms with Gasteiger partial charge in [-0.3, -0.25) is 9.59 Å². The maximum absolute atomic E-state index is 13.1. The number of Topliss-reactive ketones (excluding diaryl/α,β-unsaturated/α-hetero) is 1. The maximum Gasteiger partial charge on any atom is 0.165 e. The van der Waals surface area contributed by atoms with Crippen molar-refractivity contribution in [1.82, 2.24) is 0 Å². The van der Waals surface area contributed by atoms with Crippen LogP contribution in [-0.2, 0) is 23.8 Å². The summed E-state index contributed by atoms with van der Waals surface area (Å²) in [5.74, 6) is -0.117. The number of hydrogen-bond donors (Lipinski definition) is 0. The number of ether oxygens (including phenoxy) is 3. The second kappa shape index (κ2) is 8.21. The summed E-state index contributed by atoms with van der Waals surface area (Å²) in [5.41, 5.74) is 1.01. The Labute approximate surface area is 167 Å². The summed E-state index contributed by atoms with van der Waals surface area (Å²) < 4.78 is 17.6. The Morgan fingerprint density at radius 2 is 2.00 bits per heavy atom. The molecule has 0 aromatic heterocycles. The molecule has 154 valence electrons. The van der Waals surface area contributed by atoms with Crippen molar-refractivity contribution in [3.05, 3.63) is 23.3 Å². The molecule has 2 aliphatic heterocycles. The number of carbonyl (C=O) groups excluding carboxylic acids is 2. The van der Waals surface area contributed by atoms with Crippen LogP contribution < -0.4 is 0 Å². The second-order valence-corrected chi connectivity index (χ2v) is 8.89. The molecule has 0 bridgehead atoms. The summed E-state index contributed by atoms with van der Waals surface area (Å²) >= 11 is 0. The lowest BCUT2D eigenvalue weighted by molar-refractivity contribution is -0.164. The molecular formula is C23H32O5. The van der Waals surface area contributed by atoms with E-state index in [1.165, 1.54) is 5.57 Å². The summed E-state index contributed by atoms with van der Waals surface area (Å²) in [6.45, 7) is 5.78. The number of hydrogen-bond acceptors (Lipinski definition) is 5. The molecule has 2 heterocycles. The van der Waals surface area contributed by atoms with Crippen molar-refractivity contribution in [2.24, 2.45) is 17.3 Å². The maximum atomic E-state index is 13.1. The van der Waals surface area contributed by atoms with E-state index in [0.29, 0.717) is 18.8 Å². The van der Waals surface area contributed by atoms with Gasteiger partial charge in [0.25, 0.3) is 0 Å². The Kier molecular flexibility index (Phi) is 5.86. The third kappa shape index (κ3) is 3.53. The summed E-state index contributed by atoms with van der Waals surface area (Å²) in [7, 11) is 0. The predicted octanol–water partition coefficient (Wildman–Crippen LogP) is 3.77. The standard InChI is InChI=1S/C23H32O5/c1-15-13-18(24)23(2)20(21(15)25)16(14-17-8-6-12-28-22(17)23)7-5-11-27-19-9-3-4-10-26-19/h13-14,16,19-20,22H,3-12H2,1-2H3/t16-,19?,20+,22+,23-/m0/s1. The van der Waals surface area contributed by atoms with Crippen LogP contribution in [0.5, 0.6) is 0 Å². The fourth-order valence-corrected chi connectivity index (χ4v) is 5.47. The Hall–Kier alpha value is -1.30. The SMILES string of the molecule is CC1=CC(=O)[C@]2(C)[C@@H]3OCCCC3=C[C@H](CCCOC3CCCCO3)[C@@H]2C1=O. The first-order valence-corrected chi connectivity index (χ1v) is 10.8. The van der Waals surface area contributed by atoms with Crippen LogP contribution in [0.15, 0.2) is 23.3 Å². The molecule has 5 atom stereocenters. The molecule has 0 aromatic rings. The molecule has 0 N–H and O–H groups in total. The number of ketones is 2. The number of carbonyl (C=O) groups is 2. The van der Waals surface area contributed by atoms with Crippen molar-refractivity contribution in [3.63, 3.8) is 0 Å². The predicted molar refractivity (Wildman–Crippen MR) is 105 cm³/mol. The molecule has 2 saturated heterocycles. The van der Waals surface area contributed by atoms with Gasteiger partial charge >= 0.3 is 0 Å². The van der Waals surface area contributed by atoms with Gasteiger partial charge in [-0.2, -0.15) is 0 Å². The van der Waals surface area contributed by atoms with Crippen LogP contribution in [0, 0.1) is 17.3 Å². The van der Waals surface area contributed by atoms with Crippen molar-refractivity contribution in [2.45, 2.75) is 71.2 Å². The summed E-state index contributed by atoms with van der Waals surface area (Å²) in [6, 6.07) is 0. The fraction of sp³-hybridized carbons (Fsp3) is 0.739. The van der Waals surface area contributed by atoms with Crippen LogP contribution in [0.1, 0.15) is 58.8 Å². The topological polar surface area (TPSA) is 61.8 Å². The monoisotopic (exact) mass is 388 g/mol. The molecular weight excluding hydrogens is 356 g/mol. The van der Waals surface area contributed by atoms with E-state index in [9.17, 15) is 9.59 Å². The van der Waals surface area contributed by atoms with Gasteiger partial charge in [-0.1, -0.05) is 6.08 Å². The Balaban J connectivity index is 1.49. The van der Waals surface area contributed by atoms with E-state index in [-0.39, 0.29) is 35.8 Å². The van der Waals surface area contributed by atoms with Crippen LogP contribution in [0.4, 0.5) is 0 Å². The van der Waals surface area contributed by atoms with Crippen LogP contribution in [0.2, 0.25) is 0 Å². The minimum absolute atomic E-state index is 0.0453. The molecule has 2 aliphatic carbocycles. The second-order valence-electron chi connectivity index (χ2n) is 8.89. The summed E-state index contributed by atoms with van der Waals surface area (Å²) in [5, 5.41) is 0. The third-order valence-corrected chi connectivity index (χ3v) is 6.95. The summed E-state index contributed by atoms with van der Waals surface area (Å²) in [4.78, 5) is 26.2. The van der Waals surface area contributed by atoms with Gasteiger partial charge < -0.3 is 14.2 Å². The van der Waals surface area contributed by atoms with Crippen molar-refractivity contribution in [2.75, 3.05) is 19.8 Å². The molecule has 1 unspecified atom stereocenters. The van der Waals surface area contributed by atoms with E-state index in [2.05, 4.69) is 6.08 Å². The minimum Gasteiger partial charge on any atom is -0.373 e. The molecule has 5 nitrogen and oxygen atoms in total. The lowest BCUT2D eigenvalue weighted by Gasteiger charge is -2.51. The molecule has 28 heavy (non-hydrogen) atoms. The minimum atomic E-state index is -0.779. The first-order chi connectivity index (χ1) is 13.5. The molecule has 0 aromatic carbocycles. The van der Waals surface area contributed by atoms with Crippen LogP contribution in [0.3, 0.4) is 0 Å². The smallest absolute Gasteiger partial charge is 0.165 e. The third-order valence-electron chi connectivity index (χ3n) is 6.95. The number of rotatable bonds is 5. The highest BCUT2D eigenvalue weighted by Crippen LogP contribution is 2.52. The molecule has 4 aliphatic rings. The van der Waals surface area contributed by atoms with Gasteiger partial charge in [0, 0.05) is 25.7 Å². The van der Waals surface area contributed by atoms with Crippen molar-refractivity contribution < 1.29 is 23.8 Å². The van der Waals surface area contributed by atoms with Gasteiger partial charge in [-0.25, -0.2) is 0 Å². The normalized spacial score (nSPS) is 38.4. The highest BCUT2D eigenvalue weighted by molar-refractivity contribution is 6.13. The highest BCUT2D eigenvalue weighted by Gasteiger charge is 2.58. The Morgan fingerprint density at radius 1 is 1.18 bits per heavy atom. The lowest BCUT2D eigenvalue weighted by Crippen LogP contribution is -2.57. The van der Waals surface area contributed by atoms with Gasteiger partial charge in [0.15, 0.2) is 17.9 Å². The van der Waals surface area contributed by atoms with Crippen LogP contribution >= 0.6 is 0 Å². The van der Waals surface area contributed by atoms with Gasteiger partial charge in [0.05, 0.1) is 11.5 Å². The van der Waals surface area contributed by atoms with Crippen LogP contribution in [0.25, 0.3) is 0 Å². The van der Waals surface area contributed by atoms with Crippen molar-refractivity contribution in [3.8, 4) is 0 Å². The van der Waals surface area contributed by atoms with E-state index in [1.807, 2.05) is 6.92 Å². The van der Waals surface area contributed by atoms with E-state index >= 15 is 0 Å². The van der Waals surface area contributed by atoms with Crippen molar-refractivity contribution >= 4 is 11.6 Å². The molecule has 0 spiro atoms. The van der Waals surface area contributed by atoms with E-state index < -0.39 is 5.41 Å². The van der Waals surface area contributed by atoms with Gasteiger partial charge in [0.1, 0.15) is 0 Å². The molecule has 0 amide bonds. The average Bonchev–Trinajstić information content (AvgIpc) is 2.70. The average molecular weight is 389 g/mol. The van der Waals surface area contributed by atoms with Gasteiger partial charge in [-0.15, -0.1) is 0 Å². The zero-order chi connectivity index (χ0) is 19.7. The number of fused-ring (bicyclic) bond motifs is 3. The van der Waals surface area contributed by atoms with E-state index in [1.54, 1.807) is 13.0 Å². The molecule has 5 heteroatoms. The quantitative estimate of drug-likeness (QED) is 0.530. The lowest BCUT2D eigenvalue weighted by atomic mass is 9.54. The van der Waals surface area contributed by atoms with Gasteiger partial charge in [0.2, 0.25) is 0 Å². The largest absolute Gasteiger partial charge is 0.373 e. The molecule has 2 fully saturated rings. The number of allylic oxidation sites excluding steroid dienone is 3. The molecule has 4 rings (SSSR count). The fourth-order valence-electron chi connectivity index (χ4n) is 5.47. The van der Waals surface area contributed by atoms with Crippen molar-refractivity contribution in [1.29, 1.82) is 0 Å².